The first kappa shape index (κ1) is 17.7. The highest BCUT2D eigenvalue weighted by molar-refractivity contribution is 5.98. The van der Waals surface area contributed by atoms with Crippen LogP contribution in [0, 0.1) is 26.7 Å². The molecule has 2 unspecified atom stereocenters. The highest BCUT2D eigenvalue weighted by Crippen LogP contribution is 2.25. The van der Waals surface area contributed by atoms with Gasteiger partial charge in [0.2, 0.25) is 0 Å². The maximum Gasteiger partial charge on any atom is 0.254 e. The van der Waals surface area contributed by atoms with Gasteiger partial charge in [-0.3, -0.25) is 14.9 Å². The van der Waals surface area contributed by atoms with E-state index in [9.17, 15) is 9.90 Å². The van der Waals surface area contributed by atoms with E-state index in [4.69, 9.17) is 0 Å². The van der Waals surface area contributed by atoms with Crippen molar-refractivity contribution in [2.24, 2.45) is 5.92 Å². The molecule has 0 saturated carbocycles. The monoisotopic (exact) mass is 364 g/mol. The maximum absolute atomic E-state index is 13.0. The number of nitrogens with zero attached hydrogens (tertiary/aromatic N) is 3. The number of benzene rings is 1. The van der Waals surface area contributed by atoms with Crippen molar-refractivity contribution in [2.45, 2.75) is 33.3 Å². The molecule has 2 atom stereocenters. The van der Waals surface area contributed by atoms with E-state index in [0.717, 1.165) is 33.5 Å². The summed E-state index contributed by atoms with van der Waals surface area (Å²) in [5.41, 5.74) is 5.47. The van der Waals surface area contributed by atoms with Crippen LogP contribution in [-0.2, 0) is 6.42 Å². The number of likely N-dealkylation sites (tertiary alicyclic amines) is 1. The van der Waals surface area contributed by atoms with Crippen molar-refractivity contribution in [2.75, 3.05) is 13.1 Å². The number of amides is 1. The molecule has 27 heavy (non-hydrogen) atoms. The maximum atomic E-state index is 13.0. The number of aliphatic hydroxyl groups excluding tert-OH is 1. The minimum absolute atomic E-state index is 0.000259. The van der Waals surface area contributed by atoms with E-state index >= 15 is 0 Å². The zero-order valence-electron chi connectivity index (χ0n) is 15.9. The summed E-state index contributed by atoms with van der Waals surface area (Å²) in [6, 6.07) is 9.69. The molecule has 1 aliphatic heterocycles. The summed E-state index contributed by atoms with van der Waals surface area (Å²) in [5.74, 6) is -0.0580. The van der Waals surface area contributed by atoms with Gasteiger partial charge in [-0.15, -0.1) is 0 Å². The van der Waals surface area contributed by atoms with Crippen LogP contribution in [0.2, 0.25) is 0 Å². The number of carbonyl (C=O) groups is 1. The predicted molar refractivity (Wildman–Crippen MR) is 104 cm³/mol. The molecular weight excluding hydrogens is 340 g/mol. The van der Waals surface area contributed by atoms with Gasteiger partial charge in [0.05, 0.1) is 17.3 Å². The number of aromatic amines is 1. The number of hydrogen-bond acceptors (Lipinski definition) is 4. The Morgan fingerprint density at radius 1 is 1.22 bits per heavy atom. The highest BCUT2D eigenvalue weighted by atomic mass is 16.3. The fraction of sp³-hybridized carbons (Fsp3) is 0.381. The molecule has 2 aromatic heterocycles. The number of nitrogens with one attached hydrogen (secondary N) is 1. The average molecular weight is 364 g/mol. The van der Waals surface area contributed by atoms with Crippen LogP contribution in [0.25, 0.3) is 10.9 Å². The van der Waals surface area contributed by atoms with Crippen molar-refractivity contribution in [3.63, 3.8) is 0 Å². The second-order valence-corrected chi connectivity index (χ2v) is 7.60. The molecule has 3 heterocycles. The van der Waals surface area contributed by atoms with E-state index in [2.05, 4.69) is 22.1 Å². The van der Waals surface area contributed by atoms with Crippen LogP contribution in [0.15, 0.2) is 30.3 Å². The fourth-order valence-electron chi connectivity index (χ4n) is 3.95. The Hall–Kier alpha value is -2.73. The third kappa shape index (κ3) is 3.45. The number of hydrogen-bond donors (Lipinski definition) is 2. The molecule has 6 nitrogen and oxygen atoms in total. The van der Waals surface area contributed by atoms with Gasteiger partial charge in [0.15, 0.2) is 0 Å². The number of β-amino-alcohol motifs (C(OH)–C–C–N with tert-alkyl or cyclic N) is 1. The van der Waals surface area contributed by atoms with Crippen LogP contribution in [0.1, 0.15) is 33.0 Å². The minimum atomic E-state index is -0.533. The van der Waals surface area contributed by atoms with E-state index < -0.39 is 6.10 Å². The molecule has 1 saturated heterocycles. The number of aliphatic hydroxyl groups is 1. The molecule has 4 rings (SSSR count). The first-order valence-electron chi connectivity index (χ1n) is 9.27. The molecule has 1 aromatic carbocycles. The smallest absolute Gasteiger partial charge is 0.254 e. The van der Waals surface area contributed by atoms with Crippen LogP contribution in [0.4, 0.5) is 0 Å². The molecule has 0 radical (unpaired) electrons. The summed E-state index contributed by atoms with van der Waals surface area (Å²) >= 11 is 0. The first-order valence-corrected chi connectivity index (χ1v) is 9.27. The number of aryl methyl sites for hydroxylation is 3. The van der Waals surface area contributed by atoms with Crippen molar-refractivity contribution in [3.8, 4) is 0 Å². The van der Waals surface area contributed by atoms with Crippen LogP contribution in [0.3, 0.4) is 0 Å². The molecule has 2 N–H and O–H groups in total. The van der Waals surface area contributed by atoms with Gasteiger partial charge >= 0.3 is 0 Å². The largest absolute Gasteiger partial charge is 0.391 e. The summed E-state index contributed by atoms with van der Waals surface area (Å²) in [6.45, 7) is 6.85. The zero-order valence-corrected chi connectivity index (χ0v) is 15.9. The van der Waals surface area contributed by atoms with Crippen molar-refractivity contribution < 1.29 is 9.90 Å². The molecule has 3 aromatic rings. The molecule has 1 amide bonds. The Balaban J connectivity index is 1.53. The van der Waals surface area contributed by atoms with Gasteiger partial charge < -0.3 is 10.0 Å². The van der Waals surface area contributed by atoms with Gasteiger partial charge in [-0.2, -0.15) is 5.10 Å². The Bertz CT molecular complexity index is 1010. The van der Waals surface area contributed by atoms with Gasteiger partial charge in [0, 0.05) is 41.3 Å². The van der Waals surface area contributed by atoms with Crippen molar-refractivity contribution in [1.29, 1.82) is 0 Å². The molecule has 1 fully saturated rings. The molecule has 0 bridgehead atoms. The van der Waals surface area contributed by atoms with Gasteiger partial charge in [0.1, 0.15) is 0 Å². The normalized spacial score (nSPS) is 19.8. The lowest BCUT2D eigenvalue weighted by atomic mass is 10.00. The van der Waals surface area contributed by atoms with Crippen LogP contribution < -0.4 is 0 Å². The third-order valence-corrected chi connectivity index (χ3v) is 5.32. The number of H-pyrrole nitrogens is 1. The van der Waals surface area contributed by atoms with Crippen LogP contribution in [-0.4, -0.2) is 50.3 Å². The lowest BCUT2D eigenvalue weighted by Crippen LogP contribution is -2.29. The SMILES string of the molecule is Cc1cc(C)c2ccc(C(=O)N3CC(O)C(Cc4cc(C)[nH]n4)C3)cc2n1. The molecule has 6 heteroatoms. The number of fused-ring (bicyclic) bond motifs is 1. The third-order valence-electron chi connectivity index (χ3n) is 5.32. The average Bonchev–Trinajstić information content (AvgIpc) is 3.19. The lowest BCUT2D eigenvalue weighted by molar-refractivity contribution is 0.0764. The van der Waals surface area contributed by atoms with Crippen molar-refractivity contribution in [1.82, 2.24) is 20.1 Å². The molecule has 140 valence electrons. The molecule has 1 aliphatic rings. The van der Waals surface area contributed by atoms with E-state index in [1.807, 2.05) is 44.2 Å². The van der Waals surface area contributed by atoms with E-state index in [1.54, 1.807) is 4.90 Å². The second kappa shape index (κ2) is 6.78. The standard InChI is InChI=1S/C21H24N4O2/c1-12-6-13(2)22-19-9-15(4-5-18(12)19)21(27)25-10-16(20(26)11-25)8-17-7-14(3)23-24-17/h4-7,9,16,20,26H,8,10-11H2,1-3H3,(H,23,24). The van der Waals surface area contributed by atoms with E-state index in [0.29, 0.717) is 25.1 Å². The van der Waals surface area contributed by atoms with Gasteiger partial charge in [-0.25, -0.2) is 0 Å². The van der Waals surface area contributed by atoms with E-state index in [1.165, 1.54) is 0 Å². The molecular formula is C21H24N4O2. The van der Waals surface area contributed by atoms with Crippen molar-refractivity contribution >= 4 is 16.8 Å². The summed E-state index contributed by atoms with van der Waals surface area (Å²) in [5, 5.41) is 18.7. The summed E-state index contributed by atoms with van der Waals surface area (Å²) in [4.78, 5) is 19.3. The second-order valence-electron chi connectivity index (χ2n) is 7.60. The fourth-order valence-corrected chi connectivity index (χ4v) is 3.95. The number of rotatable bonds is 3. The topological polar surface area (TPSA) is 82.1 Å². The van der Waals surface area contributed by atoms with E-state index in [-0.39, 0.29) is 11.8 Å². The van der Waals surface area contributed by atoms with Crippen LogP contribution in [0.5, 0.6) is 0 Å². The quantitative estimate of drug-likeness (QED) is 0.748. The van der Waals surface area contributed by atoms with Gasteiger partial charge in [0.25, 0.3) is 5.91 Å². The zero-order chi connectivity index (χ0) is 19.1. The number of pyridine rings is 1. The van der Waals surface area contributed by atoms with Crippen molar-refractivity contribution in [3.05, 3.63) is 58.5 Å². The highest BCUT2D eigenvalue weighted by Gasteiger charge is 2.34. The molecule has 0 aliphatic carbocycles. The van der Waals surface area contributed by atoms with Gasteiger partial charge in [-0.05, 0) is 57.0 Å². The molecule has 0 spiro atoms. The lowest BCUT2D eigenvalue weighted by Gasteiger charge is -2.16. The summed E-state index contributed by atoms with van der Waals surface area (Å²) < 4.78 is 0. The summed E-state index contributed by atoms with van der Waals surface area (Å²) in [7, 11) is 0. The first-order chi connectivity index (χ1) is 12.9. The van der Waals surface area contributed by atoms with Gasteiger partial charge in [-0.1, -0.05) is 6.07 Å². The number of carbonyl (C=O) groups excluding carboxylic acids is 1. The predicted octanol–water partition coefficient (Wildman–Crippen LogP) is 2.56. The number of aromatic nitrogens is 3. The minimum Gasteiger partial charge on any atom is -0.391 e. The Labute approximate surface area is 158 Å². The Morgan fingerprint density at radius 2 is 2.04 bits per heavy atom. The summed E-state index contributed by atoms with van der Waals surface area (Å²) in [6.07, 6.45) is 0.126. The Morgan fingerprint density at radius 3 is 2.78 bits per heavy atom. The Kier molecular flexibility index (Phi) is 4.44. The van der Waals surface area contributed by atoms with Crippen LogP contribution >= 0.6 is 0 Å².